The van der Waals surface area contributed by atoms with Gasteiger partial charge in [0.05, 0.1) is 21.8 Å². The van der Waals surface area contributed by atoms with E-state index in [-0.39, 0.29) is 22.3 Å². The molecule has 4 rings (SSSR count). The van der Waals surface area contributed by atoms with E-state index in [1.165, 1.54) is 12.1 Å². The Morgan fingerprint density at radius 2 is 1.73 bits per heavy atom. The first-order chi connectivity index (χ1) is 10.5. The van der Waals surface area contributed by atoms with Crippen molar-refractivity contribution in [3.63, 3.8) is 0 Å². The van der Waals surface area contributed by atoms with E-state index in [9.17, 15) is 15.0 Å². The van der Waals surface area contributed by atoms with Crippen LogP contribution in [0.3, 0.4) is 0 Å². The SMILES string of the molecule is O=c1c2c(O)cc(O)cc2[nH]c2ccc3cc(Br)ccc3c12. The highest BCUT2D eigenvalue weighted by Crippen LogP contribution is 2.31. The third-order valence-electron chi connectivity index (χ3n) is 3.81. The van der Waals surface area contributed by atoms with Crippen LogP contribution >= 0.6 is 15.9 Å². The molecule has 0 bridgehead atoms. The summed E-state index contributed by atoms with van der Waals surface area (Å²) in [5.41, 5.74) is 0.818. The Hall–Kier alpha value is -2.53. The van der Waals surface area contributed by atoms with Crippen molar-refractivity contribution in [1.82, 2.24) is 4.98 Å². The van der Waals surface area contributed by atoms with Crippen molar-refractivity contribution in [2.45, 2.75) is 0 Å². The fourth-order valence-electron chi connectivity index (χ4n) is 2.87. The molecule has 1 heterocycles. The lowest BCUT2D eigenvalue weighted by atomic mass is 10.0. The Balaban J connectivity index is 2.31. The van der Waals surface area contributed by atoms with Gasteiger partial charge in [-0.05, 0) is 29.0 Å². The predicted octanol–water partition coefficient (Wildman–Crippen LogP) is 4.01. The number of phenols is 2. The third-order valence-corrected chi connectivity index (χ3v) is 4.30. The van der Waals surface area contributed by atoms with Gasteiger partial charge in [0, 0.05) is 16.6 Å². The van der Waals surface area contributed by atoms with Crippen LogP contribution in [0.4, 0.5) is 0 Å². The number of rotatable bonds is 0. The van der Waals surface area contributed by atoms with Gasteiger partial charge in [0.25, 0.3) is 0 Å². The lowest BCUT2D eigenvalue weighted by Gasteiger charge is -2.08. The quantitative estimate of drug-likeness (QED) is 0.329. The molecule has 0 spiro atoms. The fraction of sp³-hybridized carbons (Fsp3) is 0. The van der Waals surface area contributed by atoms with Gasteiger partial charge in [-0.3, -0.25) is 4.79 Å². The minimum atomic E-state index is -0.255. The van der Waals surface area contributed by atoms with E-state index in [2.05, 4.69) is 20.9 Å². The molecule has 1 aromatic heterocycles. The molecule has 22 heavy (non-hydrogen) atoms. The van der Waals surface area contributed by atoms with Crippen LogP contribution in [0.15, 0.2) is 51.7 Å². The fourth-order valence-corrected chi connectivity index (χ4v) is 3.25. The third kappa shape index (κ3) is 1.79. The van der Waals surface area contributed by atoms with E-state index in [4.69, 9.17) is 0 Å². The van der Waals surface area contributed by atoms with Crippen molar-refractivity contribution in [3.05, 3.63) is 57.2 Å². The summed E-state index contributed by atoms with van der Waals surface area (Å²) in [5.74, 6) is -0.322. The smallest absolute Gasteiger partial charge is 0.201 e. The minimum absolute atomic E-state index is 0.0929. The zero-order valence-electron chi connectivity index (χ0n) is 11.2. The second-order valence-corrected chi connectivity index (χ2v) is 6.11. The first-order valence-electron chi connectivity index (χ1n) is 6.64. The number of H-pyrrole nitrogens is 1. The van der Waals surface area contributed by atoms with Gasteiger partial charge in [-0.25, -0.2) is 0 Å². The van der Waals surface area contributed by atoms with Gasteiger partial charge in [0.15, 0.2) is 0 Å². The molecule has 5 heteroatoms. The largest absolute Gasteiger partial charge is 0.508 e. The van der Waals surface area contributed by atoms with Crippen molar-refractivity contribution in [1.29, 1.82) is 0 Å². The van der Waals surface area contributed by atoms with Crippen molar-refractivity contribution in [2.24, 2.45) is 0 Å². The van der Waals surface area contributed by atoms with Crippen LogP contribution in [0.25, 0.3) is 32.6 Å². The van der Waals surface area contributed by atoms with E-state index >= 15 is 0 Å². The summed E-state index contributed by atoms with van der Waals surface area (Å²) in [4.78, 5) is 16.0. The van der Waals surface area contributed by atoms with E-state index in [0.717, 1.165) is 15.2 Å². The summed E-state index contributed by atoms with van der Waals surface area (Å²) in [7, 11) is 0. The van der Waals surface area contributed by atoms with Gasteiger partial charge in [0.2, 0.25) is 5.43 Å². The number of halogens is 1. The van der Waals surface area contributed by atoms with Crippen LogP contribution in [-0.2, 0) is 0 Å². The normalized spacial score (nSPS) is 11.5. The Morgan fingerprint density at radius 3 is 2.55 bits per heavy atom. The predicted molar refractivity (Wildman–Crippen MR) is 90.6 cm³/mol. The molecule has 0 fully saturated rings. The van der Waals surface area contributed by atoms with E-state index in [0.29, 0.717) is 16.4 Å². The molecule has 108 valence electrons. The second-order valence-electron chi connectivity index (χ2n) is 5.20. The zero-order chi connectivity index (χ0) is 15.4. The van der Waals surface area contributed by atoms with Crippen LogP contribution < -0.4 is 5.43 Å². The second kappa shape index (κ2) is 4.48. The van der Waals surface area contributed by atoms with Gasteiger partial charge in [-0.15, -0.1) is 0 Å². The molecule has 0 amide bonds. The van der Waals surface area contributed by atoms with Gasteiger partial charge < -0.3 is 15.2 Å². The molecule has 3 aromatic carbocycles. The maximum Gasteiger partial charge on any atom is 0.201 e. The van der Waals surface area contributed by atoms with E-state index < -0.39 is 0 Å². The number of hydrogen-bond acceptors (Lipinski definition) is 3. The Bertz CT molecular complexity index is 1130. The molecule has 0 saturated heterocycles. The first kappa shape index (κ1) is 13.2. The first-order valence-corrected chi connectivity index (χ1v) is 7.44. The zero-order valence-corrected chi connectivity index (χ0v) is 12.8. The average molecular weight is 356 g/mol. The summed E-state index contributed by atoms with van der Waals surface area (Å²) < 4.78 is 0.935. The molecule has 0 atom stereocenters. The molecule has 0 radical (unpaired) electrons. The molecule has 0 aliphatic carbocycles. The molecule has 3 N–H and O–H groups in total. The highest BCUT2D eigenvalue weighted by atomic mass is 79.9. The molecule has 0 unspecified atom stereocenters. The summed E-state index contributed by atoms with van der Waals surface area (Å²) >= 11 is 3.42. The average Bonchev–Trinajstić information content (AvgIpc) is 2.45. The van der Waals surface area contributed by atoms with Crippen LogP contribution in [0.5, 0.6) is 11.5 Å². The molecular weight excluding hydrogens is 346 g/mol. The van der Waals surface area contributed by atoms with Crippen molar-refractivity contribution < 1.29 is 10.2 Å². The Labute approximate surface area is 132 Å². The summed E-state index contributed by atoms with van der Waals surface area (Å²) in [6, 6.07) is 12.0. The lowest BCUT2D eigenvalue weighted by molar-refractivity contribution is 0.455. The van der Waals surface area contributed by atoms with Gasteiger partial charge >= 0.3 is 0 Å². The number of hydrogen-bond donors (Lipinski definition) is 3. The Kier molecular flexibility index (Phi) is 2.68. The maximum absolute atomic E-state index is 12.8. The number of benzene rings is 3. The Morgan fingerprint density at radius 1 is 0.909 bits per heavy atom. The minimum Gasteiger partial charge on any atom is -0.508 e. The number of aromatic amines is 1. The van der Waals surface area contributed by atoms with Gasteiger partial charge in [-0.1, -0.05) is 28.1 Å². The van der Waals surface area contributed by atoms with E-state index in [1.54, 1.807) is 0 Å². The molecule has 0 saturated carbocycles. The number of aromatic nitrogens is 1. The topological polar surface area (TPSA) is 73.3 Å². The van der Waals surface area contributed by atoms with Gasteiger partial charge in [-0.2, -0.15) is 0 Å². The summed E-state index contributed by atoms with van der Waals surface area (Å²) in [6.07, 6.45) is 0. The lowest BCUT2D eigenvalue weighted by Crippen LogP contribution is -2.05. The molecule has 4 nitrogen and oxygen atoms in total. The summed E-state index contributed by atoms with van der Waals surface area (Å²) in [6.45, 7) is 0. The molecule has 0 aliphatic heterocycles. The molecule has 0 aliphatic rings. The van der Waals surface area contributed by atoms with Crippen molar-refractivity contribution >= 4 is 48.5 Å². The highest BCUT2D eigenvalue weighted by molar-refractivity contribution is 9.10. The van der Waals surface area contributed by atoms with Gasteiger partial charge in [0.1, 0.15) is 11.5 Å². The number of pyridine rings is 1. The standard InChI is InChI=1S/C17H10BrNO3/c18-9-2-3-11-8(5-9)1-4-12-15(11)17(22)16-13(19-12)6-10(20)7-14(16)21/h1-7,20-21H,(H,19,22). The number of aromatic hydroxyl groups is 2. The van der Waals surface area contributed by atoms with Crippen LogP contribution in [0, 0.1) is 0 Å². The number of nitrogens with one attached hydrogen (secondary N) is 1. The monoisotopic (exact) mass is 355 g/mol. The van der Waals surface area contributed by atoms with Crippen LogP contribution in [0.1, 0.15) is 0 Å². The van der Waals surface area contributed by atoms with Crippen LogP contribution in [-0.4, -0.2) is 15.2 Å². The van der Waals surface area contributed by atoms with Crippen LogP contribution in [0.2, 0.25) is 0 Å². The van der Waals surface area contributed by atoms with Crippen molar-refractivity contribution in [2.75, 3.05) is 0 Å². The number of fused-ring (bicyclic) bond motifs is 4. The van der Waals surface area contributed by atoms with E-state index in [1.807, 2.05) is 30.3 Å². The molecular formula is C17H10BrNO3. The highest BCUT2D eigenvalue weighted by Gasteiger charge is 2.13. The van der Waals surface area contributed by atoms with Crippen molar-refractivity contribution in [3.8, 4) is 11.5 Å². The maximum atomic E-state index is 12.8. The number of phenolic OH excluding ortho intramolecular Hbond substituents is 2. The molecule has 4 aromatic rings. The summed E-state index contributed by atoms with van der Waals surface area (Å²) in [5, 5.41) is 22.1.